The SMILES string of the molecule is COC(=O)[C@H]1O[C@@H](OC(=O)Nc2ccc(COC(=O)Oc3ccc([N+](=O)[O-])cc3)cc2OCCOCCN=[N+]=[N-])C(OC(C)=O)C(OC(C)=O)C1OC(C)=O. The van der Waals surface area contributed by atoms with Gasteiger partial charge >= 0.3 is 36.1 Å². The summed E-state index contributed by atoms with van der Waals surface area (Å²) in [7, 11) is 0.988. The third kappa shape index (κ3) is 13.7. The van der Waals surface area contributed by atoms with Crippen molar-refractivity contribution >= 4 is 47.5 Å². The number of benzene rings is 2. The maximum atomic E-state index is 13.3. The second-order valence-corrected chi connectivity index (χ2v) is 10.8. The van der Waals surface area contributed by atoms with Gasteiger partial charge in [0.25, 0.3) is 5.69 Å². The number of amides is 1. The summed E-state index contributed by atoms with van der Waals surface area (Å²) in [4.78, 5) is 87.2. The van der Waals surface area contributed by atoms with E-state index in [-0.39, 0.29) is 55.8 Å². The lowest BCUT2D eigenvalue weighted by Crippen LogP contribution is -2.64. The summed E-state index contributed by atoms with van der Waals surface area (Å²) in [5.74, 6) is -3.98. The first-order valence-electron chi connectivity index (χ1n) is 15.9. The third-order valence-electron chi connectivity index (χ3n) is 6.83. The molecule has 1 saturated heterocycles. The van der Waals surface area contributed by atoms with Crippen molar-refractivity contribution in [2.75, 3.05) is 38.8 Å². The third-order valence-corrected chi connectivity index (χ3v) is 6.83. The molecule has 2 aromatic carbocycles. The Kier molecular flexibility index (Phi) is 16.4. The molecule has 1 heterocycles. The minimum Gasteiger partial charge on any atom is -0.489 e. The van der Waals surface area contributed by atoms with Gasteiger partial charge in [0.05, 0.1) is 30.9 Å². The lowest BCUT2D eigenvalue weighted by Gasteiger charge is -2.42. The number of esters is 4. The molecule has 23 heteroatoms. The molecular formula is C32H35N5O18. The normalized spacial score (nSPS) is 18.6. The predicted molar refractivity (Wildman–Crippen MR) is 178 cm³/mol. The van der Waals surface area contributed by atoms with Crippen molar-refractivity contribution in [3.63, 3.8) is 0 Å². The number of carbonyl (C=O) groups is 6. The first-order valence-corrected chi connectivity index (χ1v) is 15.9. The van der Waals surface area contributed by atoms with Crippen molar-refractivity contribution in [1.29, 1.82) is 0 Å². The highest BCUT2D eigenvalue weighted by atomic mass is 16.8. The van der Waals surface area contributed by atoms with E-state index in [4.69, 9.17) is 52.9 Å². The topological polar surface area (TPSA) is 299 Å². The van der Waals surface area contributed by atoms with Crippen LogP contribution in [0.1, 0.15) is 26.3 Å². The summed E-state index contributed by atoms with van der Waals surface area (Å²) < 4.78 is 52.6. The molecule has 3 rings (SSSR count). The van der Waals surface area contributed by atoms with Crippen LogP contribution in [0.3, 0.4) is 0 Å². The van der Waals surface area contributed by atoms with Crippen molar-refractivity contribution in [1.82, 2.24) is 0 Å². The van der Waals surface area contributed by atoms with E-state index in [1.165, 1.54) is 30.3 Å². The number of nitrogens with one attached hydrogen (secondary N) is 1. The zero-order chi connectivity index (χ0) is 40.5. The molecular weight excluding hydrogens is 742 g/mol. The standard InChI is InChI=1S/C32H35N5O18/c1-17(38)50-25-26(51-18(2)39)28(52-19(3)40)30(54-27(25)29(41)46-4)55-31(42)35-23-10-5-20(15-24(23)48-14-13-47-12-11-34-36-33)16-49-32(43)53-22-8-6-21(7-9-22)37(44)45/h5-10,15,25-28,30H,11-14,16H2,1-4H3,(H,35,42)/t25?,26?,27-,28?,30-/m0/s1. The Morgan fingerprint density at radius 1 is 0.891 bits per heavy atom. The van der Waals surface area contributed by atoms with Gasteiger partial charge in [-0.05, 0) is 35.4 Å². The summed E-state index contributed by atoms with van der Waals surface area (Å²) in [6.07, 6.45) is -11.4. The van der Waals surface area contributed by atoms with E-state index in [2.05, 4.69) is 15.3 Å². The number of non-ortho nitro benzene ring substituents is 1. The molecule has 2 aromatic rings. The number of nitro groups is 1. The molecule has 1 amide bonds. The Morgan fingerprint density at radius 2 is 1.55 bits per heavy atom. The first kappa shape index (κ1) is 42.7. The highest BCUT2D eigenvalue weighted by Gasteiger charge is 2.56. The molecule has 0 spiro atoms. The lowest BCUT2D eigenvalue weighted by molar-refractivity contribution is -0.384. The van der Waals surface area contributed by atoms with Gasteiger partial charge in [0.15, 0.2) is 18.3 Å². The largest absolute Gasteiger partial charge is 0.514 e. The van der Waals surface area contributed by atoms with Crippen LogP contribution in [0.25, 0.3) is 10.4 Å². The fourth-order valence-corrected chi connectivity index (χ4v) is 4.67. The van der Waals surface area contributed by atoms with Crippen molar-refractivity contribution < 1.29 is 81.1 Å². The maximum Gasteiger partial charge on any atom is 0.514 e. The van der Waals surface area contributed by atoms with Crippen LogP contribution in [0.5, 0.6) is 11.5 Å². The van der Waals surface area contributed by atoms with E-state index in [0.29, 0.717) is 5.56 Å². The van der Waals surface area contributed by atoms with Crippen molar-refractivity contribution in [3.8, 4) is 11.5 Å². The van der Waals surface area contributed by atoms with E-state index in [1.54, 1.807) is 0 Å². The molecule has 0 aliphatic carbocycles. The van der Waals surface area contributed by atoms with Crippen LogP contribution in [0, 0.1) is 10.1 Å². The lowest BCUT2D eigenvalue weighted by atomic mass is 9.97. The zero-order valence-corrected chi connectivity index (χ0v) is 29.6. The van der Waals surface area contributed by atoms with Gasteiger partial charge in [-0.2, -0.15) is 0 Å². The van der Waals surface area contributed by atoms with Gasteiger partial charge in [-0.25, -0.2) is 14.4 Å². The van der Waals surface area contributed by atoms with Crippen LogP contribution in [-0.2, 0) is 63.7 Å². The molecule has 23 nitrogen and oxygen atoms in total. The second-order valence-electron chi connectivity index (χ2n) is 10.8. The smallest absolute Gasteiger partial charge is 0.489 e. The zero-order valence-electron chi connectivity index (χ0n) is 29.6. The molecule has 55 heavy (non-hydrogen) atoms. The molecule has 5 atom stereocenters. The quantitative estimate of drug-likeness (QED) is 0.0277. The van der Waals surface area contributed by atoms with Crippen LogP contribution < -0.4 is 14.8 Å². The number of nitrogens with zero attached hydrogens (tertiary/aromatic N) is 4. The number of hydrogen-bond acceptors (Lipinski definition) is 19. The number of rotatable bonds is 17. The van der Waals surface area contributed by atoms with Crippen LogP contribution in [0.2, 0.25) is 0 Å². The second kappa shape index (κ2) is 21.1. The van der Waals surface area contributed by atoms with Crippen molar-refractivity contribution in [2.24, 2.45) is 5.11 Å². The number of nitro benzene ring substituents is 1. The Hall–Kier alpha value is -6.71. The predicted octanol–water partition coefficient (Wildman–Crippen LogP) is 3.26. The number of carbonyl (C=O) groups excluding carboxylic acids is 6. The summed E-state index contributed by atoms with van der Waals surface area (Å²) in [5.41, 5.74) is 8.48. The van der Waals surface area contributed by atoms with E-state index >= 15 is 0 Å². The molecule has 1 fully saturated rings. The Balaban J connectivity index is 1.82. The minimum atomic E-state index is -1.95. The van der Waals surface area contributed by atoms with Gasteiger partial charge in [0.1, 0.15) is 24.7 Å². The summed E-state index contributed by atoms with van der Waals surface area (Å²) in [6.45, 7) is 2.65. The molecule has 3 unspecified atom stereocenters. The molecule has 0 aromatic heterocycles. The van der Waals surface area contributed by atoms with Crippen LogP contribution in [0.15, 0.2) is 47.6 Å². The van der Waals surface area contributed by atoms with Crippen LogP contribution in [-0.4, -0.2) is 105 Å². The number of methoxy groups -OCH3 is 1. The molecule has 1 N–H and O–H groups in total. The van der Waals surface area contributed by atoms with E-state index in [0.717, 1.165) is 40.0 Å². The first-order chi connectivity index (χ1) is 26.2. The van der Waals surface area contributed by atoms with Gasteiger partial charge < -0.3 is 47.4 Å². The van der Waals surface area contributed by atoms with Gasteiger partial charge in [-0.3, -0.25) is 29.8 Å². The van der Waals surface area contributed by atoms with E-state index in [9.17, 15) is 38.9 Å². The average molecular weight is 778 g/mol. The summed E-state index contributed by atoms with van der Waals surface area (Å²) in [6, 6.07) is 8.81. The van der Waals surface area contributed by atoms with Crippen molar-refractivity contribution in [2.45, 2.75) is 58.1 Å². The van der Waals surface area contributed by atoms with E-state index < -0.39 is 71.8 Å². The molecule has 0 bridgehead atoms. The number of azide groups is 1. The number of anilines is 1. The highest BCUT2D eigenvalue weighted by Crippen LogP contribution is 2.32. The van der Waals surface area contributed by atoms with Gasteiger partial charge in [0, 0.05) is 44.4 Å². The molecule has 0 radical (unpaired) electrons. The Bertz CT molecular complexity index is 1770. The minimum absolute atomic E-state index is 0.00304. The van der Waals surface area contributed by atoms with Crippen LogP contribution in [0.4, 0.5) is 21.0 Å². The fourth-order valence-electron chi connectivity index (χ4n) is 4.67. The fraction of sp³-hybridized carbons (Fsp3) is 0.438. The molecule has 1 aliphatic heterocycles. The Labute approximate surface area is 310 Å². The monoisotopic (exact) mass is 777 g/mol. The number of ether oxygens (including phenoxy) is 10. The molecule has 296 valence electrons. The summed E-state index contributed by atoms with van der Waals surface area (Å²) in [5, 5.41) is 16.6. The summed E-state index contributed by atoms with van der Waals surface area (Å²) >= 11 is 0. The molecule has 0 saturated carbocycles. The molecule has 1 aliphatic rings. The van der Waals surface area contributed by atoms with E-state index in [1.807, 2.05) is 0 Å². The van der Waals surface area contributed by atoms with Gasteiger partial charge in [-0.15, -0.1) is 0 Å². The highest BCUT2D eigenvalue weighted by molar-refractivity contribution is 5.87. The number of hydrogen-bond donors (Lipinski definition) is 1. The Morgan fingerprint density at radius 3 is 2.16 bits per heavy atom. The van der Waals surface area contributed by atoms with Crippen molar-refractivity contribution in [3.05, 3.63) is 68.6 Å². The maximum absolute atomic E-state index is 13.3. The van der Waals surface area contributed by atoms with Gasteiger partial charge in [-0.1, -0.05) is 11.2 Å². The van der Waals surface area contributed by atoms with Gasteiger partial charge in [0.2, 0.25) is 12.4 Å². The average Bonchev–Trinajstić information content (AvgIpc) is 3.12. The van der Waals surface area contributed by atoms with Crippen LogP contribution >= 0.6 is 0 Å².